The molecule has 0 bridgehead atoms. The van der Waals surface area contributed by atoms with Gasteiger partial charge in [-0.15, -0.1) is 0 Å². The van der Waals surface area contributed by atoms with Crippen molar-refractivity contribution in [3.63, 3.8) is 0 Å². The van der Waals surface area contributed by atoms with Crippen molar-refractivity contribution in [1.29, 1.82) is 0 Å². The number of hydrogen-bond donors (Lipinski definition) is 0. The highest BCUT2D eigenvalue weighted by atomic mass is 16.6. The van der Waals surface area contributed by atoms with E-state index in [2.05, 4.69) is 118 Å². The molecule has 0 aromatic heterocycles. The van der Waals surface area contributed by atoms with Gasteiger partial charge in [0.25, 0.3) is 0 Å². The molecule has 0 aliphatic rings. The Kier molecular flexibility index (Phi) is 61.8. The molecule has 1 atom stereocenters. The van der Waals surface area contributed by atoms with Gasteiger partial charge in [-0.3, -0.25) is 14.4 Å². The summed E-state index contributed by atoms with van der Waals surface area (Å²) in [6.45, 7) is 6.48. The second kappa shape index (κ2) is 64.9. The van der Waals surface area contributed by atoms with Gasteiger partial charge >= 0.3 is 17.9 Å². The minimum Gasteiger partial charge on any atom is -0.462 e. The maximum atomic E-state index is 12.9. The lowest BCUT2D eigenvalue weighted by Gasteiger charge is -2.18. The number of carbonyl (C=O) groups excluding carboxylic acids is 3. The third-order valence-electron chi connectivity index (χ3n) is 14.0. The summed E-state index contributed by atoms with van der Waals surface area (Å²) < 4.78 is 16.9. The highest BCUT2D eigenvalue weighted by molar-refractivity contribution is 5.71. The van der Waals surface area contributed by atoms with E-state index in [1.54, 1.807) is 0 Å². The predicted octanol–water partition coefficient (Wildman–Crippen LogP) is 22.4. The summed E-state index contributed by atoms with van der Waals surface area (Å²) in [6, 6.07) is 0. The lowest BCUT2D eigenvalue weighted by atomic mass is 10.0. The molecule has 0 aromatic carbocycles. The minimum atomic E-state index is -0.805. The molecule has 0 spiro atoms. The lowest BCUT2D eigenvalue weighted by molar-refractivity contribution is -0.167. The van der Waals surface area contributed by atoms with Crippen LogP contribution >= 0.6 is 0 Å². The standard InChI is InChI=1S/C71H122O6/c1-4-7-10-13-16-19-22-25-28-31-33-34-35-36-38-40-43-46-49-52-55-58-61-64-70(73)76-67-68(66-75-69(72)63-60-57-54-51-48-45-42-39-30-27-24-21-18-15-12-9-6-3)77-71(74)65-62-59-56-53-50-47-44-41-37-32-29-26-23-20-17-14-11-8-5-2/h9,12,17-18,20-21,26-27,29-31,33,42,45,51,54,68H,4-8,10-11,13-16,19,22-25,28,32,34-41,43-44,46-50,52-53,55-67H2,1-3H3/b12-9-,20-17-,21-18-,29-26-,30-27-,33-31-,45-42-,54-51-. The first kappa shape index (κ1) is 73.3. The van der Waals surface area contributed by atoms with Crippen LogP contribution < -0.4 is 0 Å². The molecule has 0 heterocycles. The van der Waals surface area contributed by atoms with E-state index < -0.39 is 6.10 Å². The molecule has 6 heteroatoms. The lowest BCUT2D eigenvalue weighted by Crippen LogP contribution is -2.30. The smallest absolute Gasteiger partial charge is 0.306 e. The van der Waals surface area contributed by atoms with Crippen LogP contribution in [0, 0.1) is 0 Å². The first-order valence-electron chi connectivity index (χ1n) is 32.7. The van der Waals surface area contributed by atoms with Gasteiger partial charge in [-0.1, -0.05) is 279 Å². The van der Waals surface area contributed by atoms with Crippen LogP contribution in [0.3, 0.4) is 0 Å². The molecule has 0 rings (SSSR count). The van der Waals surface area contributed by atoms with Crippen molar-refractivity contribution in [3.8, 4) is 0 Å². The predicted molar refractivity (Wildman–Crippen MR) is 334 cm³/mol. The highest BCUT2D eigenvalue weighted by Gasteiger charge is 2.19. The number of ether oxygens (including phenoxy) is 3. The molecule has 442 valence electrons. The Bertz CT molecular complexity index is 1510. The summed E-state index contributed by atoms with van der Waals surface area (Å²) >= 11 is 0. The van der Waals surface area contributed by atoms with Crippen LogP contribution in [0.15, 0.2) is 97.2 Å². The highest BCUT2D eigenvalue weighted by Crippen LogP contribution is 2.16. The molecular weight excluding hydrogens is 949 g/mol. The van der Waals surface area contributed by atoms with Crippen LogP contribution in [-0.4, -0.2) is 37.2 Å². The van der Waals surface area contributed by atoms with Crippen molar-refractivity contribution in [2.45, 2.75) is 322 Å². The molecule has 77 heavy (non-hydrogen) atoms. The monoisotopic (exact) mass is 1070 g/mol. The maximum absolute atomic E-state index is 12.9. The van der Waals surface area contributed by atoms with E-state index in [4.69, 9.17) is 14.2 Å². The molecule has 0 saturated heterocycles. The molecular formula is C71H122O6. The SMILES string of the molecule is CC/C=C\C/C=C\C/C=C\C/C=C\C/C=C\CCCC(=O)OCC(COC(=O)CCCCCCCCCCCCC/C=C\CCCCCCCCCC)OC(=O)CCCCCCCCCCC/C=C\C/C=C\CCCCC. The zero-order valence-corrected chi connectivity index (χ0v) is 50.7. The van der Waals surface area contributed by atoms with Gasteiger partial charge in [0.2, 0.25) is 0 Å². The fourth-order valence-electron chi connectivity index (χ4n) is 9.15. The van der Waals surface area contributed by atoms with Crippen LogP contribution in [-0.2, 0) is 28.6 Å². The van der Waals surface area contributed by atoms with E-state index in [0.717, 1.165) is 83.5 Å². The van der Waals surface area contributed by atoms with Gasteiger partial charge in [0.1, 0.15) is 13.2 Å². The second-order valence-electron chi connectivity index (χ2n) is 21.6. The maximum Gasteiger partial charge on any atom is 0.306 e. The Morgan fingerprint density at radius 3 is 0.883 bits per heavy atom. The number of allylic oxidation sites excluding steroid dienone is 16. The van der Waals surface area contributed by atoms with Crippen LogP contribution in [0.1, 0.15) is 316 Å². The van der Waals surface area contributed by atoms with E-state index >= 15 is 0 Å². The van der Waals surface area contributed by atoms with Gasteiger partial charge in [0.05, 0.1) is 0 Å². The Hall–Kier alpha value is -3.67. The molecule has 0 N–H and O–H groups in total. The van der Waals surface area contributed by atoms with Crippen LogP contribution in [0.5, 0.6) is 0 Å². The number of unbranched alkanes of at least 4 members (excludes halogenated alkanes) is 32. The van der Waals surface area contributed by atoms with E-state index in [-0.39, 0.29) is 37.5 Å². The summed E-state index contributed by atoms with van der Waals surface area (Å²) in [5.41, 5.74) is 0. The zero-order chi connectivity index (χ0) is 55.7. The normalized spacial score (nSPS) is 12.7. The largest absolute Gasteiger partial charge is 0.462 e. The van der Waals surface area contributed by atoms with Crippen molar-refractivity contribution in [2.24, 2.45) is 0 Å². The number of carbonyl (C=O) groups is 3. The number of rotatable bonds is 59. The van der Waals surface area contributed by atoms with Crippen molar-refractivity contribution >= 4 is 17.9 Å². The molecule has 6 nitrogen and oxygen atoms in total. The first-order chi connectivity index (χ1) is 38.0. The zero-order valence-electron chi connectivity index (χ0n) is 50.7. The fourth-order valence-corrected chi connectivity index (χ4v) is 9.15. The molecule has 0 fully saturated rings. The molecule has 1 unspecified atom stereocenters. The molecule has 0 aromatic rings. The molecule has 0 aliphatic heterocycles. The quantitative estimate of drug-likeness (QED) is 0.0261. The van der Waals surface area contributed by atoms with Crippen LogP contribution in [0.4, 0.5) is 0 Å². The summed E-state index contributed by atoms with van der Waals surface area (Å²) in [6.07, 6.45) is 87.1. The van der Waals surface area contributed by atoms with Crippen LogP contribution in [0.25, 0.3) is 0 Å². The van der Waals surface area contributed by atoms with Crippen molar-refractivity contribution in [3.05, 3.63) is 97.2 Å². The summed E-state index contributed by atoms with van der Waals surface area (Å²) in [7, 11) is 0. The molecule has 0 aliphatic carbocycles. The van der Waals surface area contributed by atoms with Gasteiger partial charge in [0, 0.05) is 19.3 Å². The van der Waals surface area contributed by atoms with Crippen molar-refractivity contribution < 1.29 is 28.6 Å². The Balaban J connectivity index is 4.42. The topological polar surface area (TPSA) is 78.9 Å². The summed E-state index contributed by atoms with van der Waals surface area (Å²) in [5.74, 6) is -0.952. The minimum absolute atomic E-state index is 0.0965. The number of esters is 3. The van der Waals surface area contributed by atoms with E-state index in [1.807, 2.05) is 0 Å². The summed E-state index contributed by atoms with van der Waals surface area (Å²) in [5, 5.41) is 0. The van der Waals surface area contributed by atoms with Gasteiger partial charge in [-0.2, -0.15) is 0 Å². The van der Waals surface area contributed by atoms with Gasteiger partial charge < -0.3 is 14.2 Å². The van der Waals surface area contributed by atoms with E-state index in [9.17, 15) is 14.4 Å². The first-order valence-corrected chi connectivity index (χ1v) is 32.7. The van der Waals surface area contributed by atoms with E-state index in [0.29, 0.717) is 19.3 Å². The van der Waals surface area contributed by atoms with E-state index in [1.165, 1.54) is 186 Å². The Morgan fingerprint density at radius 2 is 0.519 bits per heavy atom. The Labute approximate surface area is 477 Å². The number of hydrogen-bond acceptors (Lipinski definition) is 6. The van der Waals surface area contributed by atoms with Gasteiger partial charge in [0.15, 0.2) is 6.10 Å². The second-order valence-corrected chi connectivity index (χ2v) is 21.6. The molecule has 0 amide bonds. The van der Waals surface area contributed by atoms with Crippen molar-refractivity contribution in [1.82, 2.24) is 0 Å². The van der Waals surface area contributed by atoms with Crippen LogP contribution in [0.2, 0.25) is 0 Å². The third kappa shape index (κ3) is 63.0. The Morgan fingerprint density at radius 1 is 0.273 bits per heavy atom. The molecule has 0 saturated carbocycles. The summed E-state index contributed by atoms with van der Waals surface area (Å²) in [4.78, 5) is 38.3. The third-order valence-corrected chi connectivity index (χ3v) is 14.0. The fraction of sp³-hybridized carbons (Fsp3) is 0.732. The van der Waals surface area contributed by atoms with Gasteiger partial charge in [-0.05, 0) is 116 Å². The van der Waals surface area contributed by atoms with Crippen molar-refractivity contribution in [2.75, 3.05) is 13.2 Å². The molecule has 0 radical (unpaired) electrons. The average Bonchev–Trinajstić information content (AvgIpc) is 3.43. The average molecular weight is 1070 g/mol. The van der Waals surface area contributed by atoms with Gasteiger partial charge in [-0.25, -0.2) is 0 Å².